The SMILES string of the molecule is C1=Cc2ccc(-c3cc(-c4ccccc4)cc4c3oc3c(N(c5ccc(-c6ccccc6)cc5)c5ccc(-c6ccccc6)cc5)cccc34)cc2CC1. The van der Waals surface area contributed by atoms with Gasteiger partial charge in [0.15, 0.2) is 5.58 Å². The lowest BCUT2D eigenvalue weighted by atomic mass is 9.91. The molecule has 0 saturated carbocycles. The first-order chi connectivity index (χ1) is 26.8. The largest absolute Gasteiger partial charge is 0.453 e. The Hall–Kier alpha value is -6.90. The van der Waals surface area contributed by atoms with Crippen LogP contribution in [0.3, 0.4) is 0 Å². The molecular weight excluding hydrogens is 655 g/mol. The molecule has 0 unspecified atom stereocenters. The Morgan fingerprint density at radius 1 is 0.407 bits per heavy atom. The van der Waals surface area contributed by atoms with Gasteiger partial charge >= 0.3 is 0 Å². The lowest BCUT2D eigenvalue weighted by Gasteiger charge is -2.26. The number of para-hydroxylation sites is 1. The molecule has 0 fully saturated rings. The minimum Gasteiger partial charge on any atom is -0.453 e. The first-order valence-electron chi connectivity index (χ1n) is 18.7. The van der Waals surface area contributed by atoms with Crippen molar-refractivity contribution in [1.29, 1.82) is 0 Å². The van der Waals surface area contributed by atoms with Crippen LogP contribution in [0.25, 0.3) is 72.5 Å². The number of aryl methyl sites for hydroxylation is 1. The van der Waals surface area contributed by atoms with E-state index in [-0.39, 0.29) is 0 Å². The van der Waals surface area contributed by atoms with Crippen molar-refractivity contribution in [1.82, 2.24) is 0 Å². The normalized spacial score (nSPS) is 12.2. The van der Waals surface area contributed by atoms with Crippen molar-refractivity contribution in [3.05, 3.63) is 205 Å². The van der Waals surface area contributed by atoms with E-state index in [1.165, 1.54) is 50.1 Å². The van der Waals surface area contributed by atoms with Gasteiger partial charge in [0, 0.05) is 27.7 Å². The summed E-state index contributed by atoms with van der Waals surface area (Å²) in [6.45, 7) is 0. The van der Waals surface area contributed by atoms with Gasteiger partial charge in [-0.2, -0.15) is 0 Å². The van der Waals surface area contributed by atoms with Crippen LogP contribution in [0.5, 0.6) is 0 Å². The van der Waals surface area contributed by atoms with Crippen molar-refractivity contribution in [2.75, 3.05) is 4.90 Å². The second-order valence-electron chi connectivity index (χ2n) is 14.0. The zero-order valence-corrected chi connectivity index (χ0v) is 29.8. The molecule has 8 aromatic carbocycles. The van der Waals surface area contributed by atoms with E-state index < -0.39 is 0 Å². The highest BCUT2D eigenvalue weighted by atomic mass is 16.3. The van der Waals surface area contributed by atoms with E-state index >= 15 is 0 Å². The van der Waals surface area contributed by atoms with Crippen LogP contribution in [0.2, 0.25) is 0 Å². The van der Waals surface area contributed by atoms with Crippen LogP contribution in [-0.4, -0.2) is 0 Å². The fourth-order valence-corrected chi connectivity index (χ4v) is 7.97. The van der Waals surface area contributed by atoms with Crippen molar-refractivity contribution < 1.29 is 4.42 Å². The summed E-state index contributed by atoms with van der Waals surface area (Å²) in [5.41, 5.74) is 17.0. The van der Waals surface area contributed by atoms with Crippen molar-refractivity contribution in [3.63, 3.8) is 0 Å². The minimum atomic E-state index is 0.860. The Balaban J connectivity index is 1.18. The molecule has 1 aliphatic carbocycles. The molecule has 0 radical (unpaired) electrons. The fourth-order valence-electron chi connectivity index (χ4n) is 7.97. The van der Waals surface area contributed by atoms with E-state index in [0.29, 0.717) is 0 Å². The summed E-state index contributed by atoms with van der Waals surface area (Å²) in [7, 11) is 0. The van der Waals surface area contributed by atoms with Crippen molar-refractivity contribution in [2.45, 2.75) is 12.8 Å². The smallest absolute Gasteiger partial charge is 0.159 e. The van der Waals surface area contributed by atoms with Gasteiger partial charge in [-0.1, -0.05) is 158 Å². The Morgan fingerprint density at radius 3 is 1.57 bits per heavy atom. The standard InChI is InChI=1S/C52H37NO/c1-4-13-36(14-5-1)40-25-29-45(30-26-40)53(46-31-27-41(28-32-46)37-15-6-2-7-16-37)50-22-12-21-47-49-35-44(38-17-8-3-9-18-38)34-48(51(49)54-52(47)50)43-24-23-39-19-10-11-20-42(39)33-43/h1-10,12-19,21-35H,11,20H2. The minimum absolute atomic E-state index is 0.860. The van der Waals surface area contributed by atoms with Gasteiger partial charge in [0.1, 0.15) is 5.58 Å². The Kier molecular flexibility index (Phi) is 8.00. The average molecular weight is 692 g/mol. The van der Waals surface area contributed by atoms with Crippen molar-refractivity contribution in [2.24, 2.45) is 0 Å². The monoisotopic (exact) mass is 691 g/mol. The van der Waals surface area contributed by atoms with Crippen LogP contribution in [0.4, 0.5) is 17.1 Å². The number of anilines is 3. The second kappa shape index (κ2) is 13.6. The molecule has 0 spiro atoms. The van der Waals surface area contributed by atoms with E-state index in [2.05, 4.69) is 205 Å². The molecule has 0 bridgehead atoms. The highest BCUT2D eigenvalue weighted by Crippen LogP contribution is 2.46. The lowest BCUT2D eigenvalue weighted by Crippen LogP contribution is -2.10. The van der Waals surface area contributed by atoms with Crippen molar-refractivity contribution in [3.8, 4) is 44.5 Å². The highest BCUT2D eigenvalue weighted by molar-refractivity contribution is 6.15. The molecule has 0 N–H and O–H groups in total. The predicted molar refractivity (Wildman–Crippen MR) is 228 cm³/mol. The van der Waals surface area contributed by atoms with Crippen LogP contribution < -0.4 is 4.90 Å². The topological polar surface area (TPSA) is 16.4 Å². The van der Waals surface area contributed by atoms with E-state index in [1.54, 1.807) is 0 Å². The summed E-state index contributed by atoms with van der Waals surface area (Å²) >= 11 is 0. The molecule has 10 rings (SSSR count). The quantitative estimate of drug-likeness (QED) is 0.165. The van der Waals surface area contributed by atoms with Gasteiger partial charge in [-0.3, -0.25) is 0 Å². The third-order valence-electron chi connectivity index (χ3n) is 10.7. The second-order valence-corrected chi connectivity index (χ2v) is 14.0. The van der Waals surface area contributed by atoms with E-state index in [1.807, 2.05) is 0 Å². The molecule has 256 valence electrons. The number of hydrogen-bond acceptors (Lipinski definition) is 2. The van der Waals surface area contributed by atoms with Crippen molar-refractivity contribution >= 4 is 45.1 Å². The number of fused-ring (bicyclic) bond motifs is 4. The number of hydrogen-bond donors (Lipinski definition) is 0. The Labute approximate surface area is 315 Å². The maximum atomic E-state index is 7.16. The Morgan fingerprint density at radius 2 is 0.963 bits per heavy atom. The molecule has 9 aromatic rings. The lowest BCUT2D eigenvalue weighted by molar-refractivity contribution is 0.670. The molecule has 0 amide bonds. The maximum absolute atomic E-state index is 7.16. The molecule has 1 heterocycles. The summed E-state index contributed by atoms with van der Waals surface area (Å²) in [6, 6.07) is 67.5. The summed E-state index contributed by atoms with van der Waals surface area (Å²) in [4.78, 5) is 2.33. The summed E-state index contributed by atoms with van der Waals surface area (Å²) in [5.74, 6) is 0. The molecule has 2 heteroatoms. The third kappa shape index (κ3) is 5.79. The number of nitrogens with zero attached hydrogens (tertiary/aromatic N) is 1. The highest BCUT2D eigenvalue weighted by Gasteiger charge is 2.22. The number of rotatable bonds is 7. The van der Waals surface area contributed by atoms with Crippen LogP contribution in [0, 0.1) is 0 Å². The van der Waals surface area contributed by atoms with Gasteiger partial charge in [-0.25, -0.2) is 0 Å². The maximum Gasteiger partial charge on any atom is 0.159 e. The summed E-state index contributed by atoms with van der Waals surface area (Å²) in [6.07, 6.45) is 6.64. The molecule has 0 saturated heterocycles. The van der Waals surface area contributed by atoms with Gasteiger partial charge in [0.2, 0.25) is 0 Å². The van der Waals surface area contributed by atoms with Crippen LogP contribution in [0.1, 0.15) is 17.5 Å². The first-order valence-corrected chi connectivity index (χ1v) is 18.7. The average Bonchev–Trinajstić information content (AvgIpc) is 3.64. The fraction of sp³-hybridized carbons (Fsp3) is 0.0385. The predicted octanol–water partition coefficient (Wildman–Crippen LogP) is 14.7. The molecule has 1 aromatic heterocycles. The van der Waals surface area contributed by atoms with E-state index in [0.717, 1.165) is 57.4 Å². The number of benzene rings is 8. The zero-order chi connectivity index (χ0) is 35.8. The van der Waals surface area contributed by atoms with Crippen LogP contribution >= 0.6 is 0 Å². The molecule has 0 atom stereocenters. The molecular formula is C52H37NO. The van der Waals surface area contributed by atoms with Crippen LogP contribution in [-0.2, 0) is 6.42 Å². The van der Waals surface area contributed by atoms with Gasteiger partial charge in [-0.05, 0) is 105 Å². The van der Waals surface area contributed by atoms with Crippen LogP contribution in [0.15, 0.2) is 199 Å². The Bertz CT molecular complexity index is 2700. The van der Waals surface area contributed by atoms with Gasteiger partial charge in [0.05, 0.1) is 5.69 Å². The van der Waals surface area contributed by atoms with Gasteiger partial charge < -0.3 is 9.32 Å². The molecule has 0 aliphatic heterocycles. The molecule has 54 heavy (non-hydrogen) atoms. The third-order valence-corrected chi connectivity index (χ3v) is 10.7. The summed E-state index contributed by atoms with van der Waals surface area (Å²) < 4.78 is 7.16. The molecule has 1 aliphatic rings. The van der Waals surface area contributed by atoms with E-state index in [4.69, 9.17) is 4.42 Å². The van der Waals surface area contributed by atoms with E-state index in [9.17, 15) is 0 Å². The molecule has 2 nitrogen and oxygen atoms in total. The number of allylic oxidation sites excluding steroid dienone is 1. The summed E-state index contributed by atoms with van der Waals surface area (Å²) in [5, 5.41) is 2.20. The first kappa shape index (κ1) is 31.8. The van der Waals surface area contributed by atoms with Gasteiger partial charge in [0.25, 0.3) is 0 Å². The zero-order valence-electron chi connectivity index (χ0n) is 29.8. The van der Waals surface area contributed by atoms with Gasteiger partial charge in [-0.15, -0.1) is 0 Å². The number of furan rings is 1.